The number of fused-ring (bicyclic) bond motifs is 6. The normalized spacial score (nSPS) is 16.2. The first-order valence-corrected chi connectivity index (χ1v) is 8.71. The summed E-state index contributed by atoms with van der Waals surface area (Å²) < 4.78 is 0. The molecule has 3 aromatic rings. The quantitative estimate of drug-likeness (QED) is 0.521. The second-order valence-electron chi connectivity index (χ2n) is 6.76. The highest BCUT2D eigenvalue weighted by Crippen LogP contribution is 2.55. The highest BCUT2D eigenvalue weighted by Gasteiger charge is 2.46. The van der Waals surface area contributed by atoms with Crippen LogP contribution in [0.1, 0.15) is 27.8 Å². The minimum Gasteiger partial charge on any atom is -0.122 e. The monoisotopic (exact) mass is 316 g/mol. The van der Waals surface area contributed by atoms with Crippen LogP contribution in [0.15, 0.2) is 66.7 Å². The SMILES string of the molecule is ClCc1ccc2c(c1)CC1(C2)c2ccccc2-c2ccccc21. The van der Waals surface area contributed by atoms with Gasteiger partial charge in [0.2, 0.25) is 0 Å². The van der Waals surface area contributed by atoms with Gasteiger partial charge in [-0.25, -0.2) is 0 Å². The molecule has 23 heavy (non-hydrogen) atoms. The van der Waals surface area contributed by atoms with E-state index in [9.17, 15) is 0 Å². The summed E-state index contributed by atoms with van der Waals surface area (Å²) in [6.45, 7) is 0. The molecular weight excluding hydrogens is 300 g/mol. The smallest absolute Gasteiger partial charge is 0.0474 e. The first kappa shape index (κ1) is 13.4. The van der Waals surface area contributed by atoms with Gasteiger partial charge in [-0.05, 0) is 51.8 Å². The highest BCUT2D eigenvalue weighted by atomic mass is 35.5. The van der Waals surface area contributed by atoms with Crippen LogP contribution in [-0.2, 0) is 24.1 Å². The van der Waals surface area contributed by atoms with Crippen LogP contribution in [-0.4, -0.2) is 0 Å². The third kappa shape index (κ3) is 1.73. The number of benzene rings is 3. The fourth-order valence-corrected chi connectivity index (χ4v) is 4.77. The average Bonchev–Trinajstić information content (AvgIpc) is 3.12. The van der Waals surface area contributed by atoms with E-state index in [1.165, 1.54) is 38.9 Å². The van der Waals surface area contributed by atoms with Crippen molar-refractivity contribution in [3.05, 3.63) is 94.5 Å². The van der Waals surface area contributed by atoms with Crippen LogP contribution in [0.25, 0.3) is 11.1 Å². The van der Waals surface area contributed by atoms with E-state index in [0.29, 0.717) is 5.88 Å². The van der Waals surface area contributed by atoms with Gasteiger partial charge in [0.05, 0.1) is 0 Å². The summed E-state index contributed by atoms with van der Waals surface area (Å²) in [4.78, 5) is 0. The van der Waals surface area contributed by atoms with Gasteiger partial charge in [-0.2, -0.15) is 0 Å². The van der Waals surface area contributed by atoms with Gasteiger partial charge in [-0.3, -0.25) is 0 Å². The molecule has 5 rings (SSSR count). The molecule has 0 unspecified atom stereocenters. The summed E-state index contributed by atoms with van der Waals surface area (Å²) >= 11 is 6.04. The molecule has 1 heteroatoms. The van der Waals surface area contributed by atoms with Gasteiger partial charge >= 0.3 is 0 Å². The second-order valence-corrected chi connectivity index (χ2v) is 7.03. The first-order chi connectivity index (χ1) is 11.3. The maximum absolute atomic E-state index is 6.04. The molecule has 0 heterocycles. The van der Waals surface area contributed by atoms with Gasteiger partial charge < -0.3 is 0 Å². The maximum atomic E-state index is 6.04. The summed E-state index contributed by atoms with van der Waals surface area (Å²) in [6.07, 6.45) is 2.18. The van der Waals surface area contributed by atoms with Crippen molar-refractivity contribution in [1.82, 2.24) is 0 Å². The van der Waals surface area contributed by atoms with E-state index < -0.39 is 0 Å². The Balaban J connectivity index is 1.75. The second kappa shape index (κ2) is 4.72. The Bertz CT molecular complexity index is 877. The Morgan fingerprint density at radius 1 is 0.739 bits per heavy atom. The Hall–Kier alpha value is -2.05. The van der Waals surface area contributed by atoms with Crippen molar-refractivity contribution in [2.24, 2.45) is 0 Å². The van der Waals surface area contributed by atoms with Crippen molar-refractivity contribution in [3.8, 4) is 11.1 Å². The van der Waals surface area contributed by atoms with Crippen LogP contribution >= 0.6 is 11.6 Å². The van der Waals surface area contributed by atoms with Crippen LogP contribution in [0.5, 0.6) is 0 Å². The number of hydrogen-bond donors (Lipinski definition) is 0. The Morgan fingerprint density at radius 2 is 1.35 bits per heavy atom. The van der Waals surface area contributed by atoms with Crippen LogP contribution in [0.3, 0.4) is 0 Å². The number of rotatable bonds is 1. The molecule has 0 saturated heterocycles. The molecule has 0 atom stereocenters. The molecule has 1 spiro atoms. The van der Waals surface area contributed by atoms with Crippen molar-refractivity contribution < 1.29 is 0 Å². The molecular formula is C22H17Cl. The van der Waals surface area contributed by atoms with Crippen LogP contribution < -0.4 is 0 Å². The van der Waals surface area contributed by atoms with E-state index in [0.717, 1.165) is 12.8 Å². The van der Waals surface area contributed by atoms with Crippen molar-refractivity contribution in [2.75, 3.05) is 0 Å². The molecule has 0 fully saturated rings. The first-order valence-electron chi connectivity index (χ1n) is 8.18. The van der Waals surface area contributed by atoms with E-state index in [-0.39, 0.29) is 5.41 Å². The molecule has 0 aromatic heterocycles. The molecule has 3 aromatic carbocycles. The predicted molar refractivity (Wildman–Crippen MR) is 96.1 cm³/mol. The summed E-state index contributed by atoms with van der Waals surface area (Å²) in [5.74, 6) is 0.591. The average molecular weight is 317 g/mol. The summed E-state index contributed by atoms with van der Waals surface area (Å²) in [6, 6.07) is 24.6. The molecule has 0 bridgehead atoms. The standard InChI is InChI=1S/C22H17Cl/c23-14-15-9-10-16-12-22(13-17(16)11-15)20-7-3-1-5-18(20)19-6-2-4-8-21(19)22/h1-11H,12-14H2. The van der Waals surface area contributed by atoms with E-state index in [1.54, 1.807) is 0 Å². The molecule has 0 nitrogen and oxygen atoms in total. The van der Waals surface area contributed by atoms with Crippen molar-refractivity contribution in [3.63, 3.8) is 0 Å². The largest absolute Gasteiger partial charge is 0.122 e. The maximum Gasteiger partial charge on any atom is 0.0474 e. The van der Waals surface area contributed by atoms with Crippen molar-refractivity contribution in [2.45, 2.75) is 24.1 Å². The lowest BCUT2D eigenvalue weighted by molar-refractivity contribution is 0.563. The molecule has 2 aliphatic carbocycles. The fourth-order valence-electron chi connectivity index (χ4n) is 4.61. The minimum atomic E-state index is 0.112. The topological polar surface area (TPSA) is 0 Å². The number of hydrogen-bond acceptors (Lipinski definition) is 0. The van der Waals surface area contributed by atoms with Gasteiger partial charge in [0.1, 0.15) is 0 Å². The fraction of sp³-hybridized carbons (Fsp3) is 0.182. The molecule has 0 N–H and O–H groups in total. The Morgan fingerprint density at radius 3 is 2.00 bits per heavy atom. The molecule has 0 aliphatic heterocycles. The lowest BCUT2D eigenvalue weighted by Gasteiger charge is -2.26. The number of halogens is 1. The third-order valence-corrected chi connectivity index (χ3v) is 5.89. The summed E-state index contributed by atoms with van der Waals surface area (Å²) in [5, 5.41) is 0. The van der Waals surface area contributed by atoms with E-state index in [4.69, 9.17) is 11.6 Å². The molecule has 2 aliphatic rings. The minimum absolute atomic E-state index is 0.112. The lowest BCUT2D eigenvalue weighted by atomic mass is 9.76. The zero-order valence-corrected chi connectivity index (χ0v) is 13.6. The summed E-state index contributed by atoms with van der Waals surface area (Å²) in [5.41, 5.74) is 10.1. The summed E-state index contributed by atoms with van der Waals surface area (Å²) in [7, 11) is 0. The lowest BCUT2D eigenvalue weighted by Crippen LogP contribution is -2.25. The van der Waals surface area contributed by atoms with Crippen LogP contribution in [0.2, 0.25) is 0 Å². The number of alkyl halides is 1. The Kier molecular flexibility index (Phi) is 2.75. The Labute approximate surface area is 141 Å². The van der Waals surface area contributed by atoms with E-state index in [1.807, 2.05) is 0 Å². The van der Waals surface area contributed by atoms with Crippen LogP contribution in [0, 0.1) is 0 Å². The van der Waals surface area contributed by atoms with Gasteiger partial charge in [0, 0.05) is 11.3 Å². The van der Waals surface area contributed by atoms with Gasteiger partial charge in [-0.1, -0.05) is 66.7 Å². The van der Waals surface area contributed by atoms with Gasteiger partial charge in [0.25, 0.3) is 0 Å². The van der Waals surface area contributed by atoms with E-state index in [2.05, 4.69) is 66.7 Å². The molecule has 0 saturated carbocycles. The molecule has 0 radical (unpaired) electrons. The zero-order valence-electron chi connectivity index (χ0n) is 12.9. The molecule has 0 amide bonds. The van der Waals surface area contributed by atoms with E-state index >= 15 is 0 Å². The van der Waals surface area contributed by atoms with Gasteiger partial charge in [-0.15, -0.1) is 11.6 Å². The molecule has 112 valence electrons. The van der Waals surface area contributed by atoms with Gasteiger partial charge in [0.15, 0.2) is 0 Å². The van der Waals surface area contributed by atoms with Crippen LogP contribution in [0.4, 0.5) is 0 Å². The third-order valence-electron chi connectivity index (χ3n) is 5.58. The zero-order chi connectivity index (χ0) is 15.4. The van der Waals surface area contributed by atoms with Crippen molar-refractivity contribution in [1.29, 1.82) is 0 Å². The predicted octanol–water partition coefficient (Wildman–Crippen LogP) is 5.49. The highest BCUT2D eigenvalue weighted by molar-refractivity contribution is 6.17. The van der Waals surface area contributed by atoms with Crippen molar-refractivity contribution >= 4 is 11.6 Å².